The normalized spacial score (nSPS) is 12.0. The van der Waals surface area contributed by atoms with Gasteiger partial charge in [-0.2, -0.15) is 0 Å². The number of likely N-dealkylation sites (N-methyl/N-ethyl adjacent to an activating group) is 1. The van der Waals surface area contributed by atoms with Crippen molar-refractivity contribution < 1.29 is 14.1 Å². The van der Waals surface area contributed by atoms with Crippen LogP contribution >= 0.6 is 11.6 Å². The van der Waals surface area contributed by atoms with Gasteiger partial charge in [-0.25, -0.2) is 9.18 Å². The third-order valence-electron chi connectivity index (χ3n) is 5.25. The fourth-order valence-corrected chi connectivity index (χ4v) is 3.83. The van der Waals surface area contributed by atoms with Gasteiger partial charge in [0.1, 0.15) is 30.3 Å². The zero-order valence-corrected chi connectivity index (χ0v) is 18.7. The second kappa shape index (κ2) is 9.93. The van der Waals surface area contributed by atoms with E-state index in [-0.39, 0.29) is 48.1 Å². The lowest BCUT2D eigenvalue weighted by molar-refractivity contribution is -0.885. The average Bonchev–Trinajstić information content (AvgIpc) is 2.75. The number of nitrogens with one attached hydrogen (secondary N) is 1. The Morgan fingerprint density at radius 2 is 1.78 bits per heavy atom. The fourth-order valence-electron chi connectivity index (χ4n) is 3.60. The van der Waals surface area contributed by atoms with E-state index in [0.717, 1.165) is 10.1 Å². The smallest absolute Gasteiger partial charge is 0.332 e. The molecular formula is C23H25ClFN4O3+. The molecule has 0 saturated carbocycles. The first-order chi connectivity index (χ1) is 15.2. The van der Waals surface area contributed by atoms with Gasteiger partial charge in [0.2, 0.25) is 5.78 Å². The summed E-state index contributed by atoms with van der Waals surface area (Å²) in [5, 5.41) is 0.265. The van der Waals surface area contributed by atoms with Crippen LogP contribution in [0.1, 0.15) is 28.4 Å². The number of ketones is 1. The second-order valence-electron chi connectivity index (χ2n) is 7.60. The number of hydrogen-bond acceptors (Lipinski definition) is 4. The van der Waals surface area contributed by atoms with E-state index in [0.29, 0.717) is 4.90 Å². The van der Waals surface area contributed by atoms with Crippen molar-refractivity contribution >= 4 is 23.2 Å². The van der Waals surface area contributed by atoms with E-state index in [2.05, 4.69) is 0 Å². The number of anilines is 1. The molecule has 0 spiro atoms. The Hall–Kier alpha value is -3.23. The summed E-state index contributed by atoms with van der Waals surface area (Å²) in [6.07, 6.45) is 0. The lowest BCUT2D eigenvalue weighted by Gasteiger charge is -2.18. The summed E-state index contributed by atoms with van der Waals surface area (Å²) < 4.78 is 16.3. The number of aromatic nitrogens is 2. The third-order valence-corrected chi connectivity index (χ3v) is 5.60. The highest BCUT2D eigenvalue weighted by molar-refractivity contribution is 6.31. The van der Waals surface area contributed by atoms with Crippen molar-refractivity contribution in [2.45, 2.75) is 26.6 Å². The van der Waals surface area contributed by atoms with Crippen LogP contribution in [0.15, 0.2) is 58.1 Å². The van der Waals surface area contributed by atoms with Crippen molar-refractivity contribution in [3.05, 3.63) is 96.9 Å². The van der Waals surface area contributed by atoms with Gasteiger partial charge in [-0.05, 0) is 24.6 Å². The van der Waals surface area contributed by atoms with E-state index < -0.39 is 22.8 Å². The molecule has 168 valence electrons. The molecule has 7 nitrogen and oxygen atoms in total. The Morgan fingerprint density at radius 3 is 2.41 bits per heavy atom. The molecule has 32 heavy (non-hydrogen) atoms. The first-order valence-electron chi connectivity index (χ1n) is 10.2. The van der Waals surface area contributed by atoms with Crippen LogP contribution in [0.5, 0.6) is 0 Å². The van der Waals surface area contributed by atoms with E-state index in [4.69, 9.17) is 17.3 Å². The number of quaternary nitrogens is 1. The molecule has 3 N–H and O–H groups in total. The Kier molecular flexibility index (Phi) is 7.27. The average molecular weight is 460 g/mol. The van der Waals surface area contributed by atoms with Crippen molar-refractivity contribution in [2.24, 2.45) is 0 Å². The van der Waals surface area contributed by atoms with E-state index in [9.17, 15) is 18.8 Å². The van der Waals surface area contributed by atoms with E-state index in [1.165, 1.54) is 16.7 Å². The molecule has 0 fully saturated rings. The molecule has 0 radical (unpaired) electrons. The van der Waals surface area contributed by atoms with E-state index in [1.54, 1.807) is 20.0 Å². The van der Waals surface area contributed by atoms with Crippen LogP contribution in [0.4, 0.5) is 10.2 Å². The SMILES string of the molecule is CCn1c(=O)c(C(=O)C[NH+](C)Cc2c(F)cccc2Cl)c(N)n(Cc2ccccc2)c1=O. The maximum Gasteiger partial charge on any atom is 0.332 e. The number of nitrogens with two attached hydrogens (primary N) is 1. The first kappa shape index (κ1) is 23.4. The highest BCUT2D eigenvalue weighted by Gasteiger charge is 2.25. The summed E-state index contributed by atoms with van der Waals surface area (Å²) >= 11 is 6.08. The molecule has 9 heteroatoms. The lowest BCUT2D eigenvalue weighted by Crippen LogP contribution is -3.08. The van der Waals surface area contributed by atoms with Crippen molar-refractivity contribution in [1.82, 2.24) is 9.13 Å². The highest BCUT2D eigenvalue weighted by Crippen LogP contribution is 2.17. The molecule has 1 heterocycles. The van der Waals surface area contributed by atoms with Gasteiger partial charge >= 0.3 is 5.69 Å². The zero-order valence-electron chi connectivity index (χ0n) is 17.9. The molecule has 0 saturated heterocycles. The summed E-state index contributed by atoms with van der Waals surface area (Å²) in [4.78, 5) is 39.4. The molecule has 3 rings (SSSR count). The van der Waals surface area contributed by atoms with Crippen molar-refractivity contribution in [2.75, 3.05) is 19.3 Å². The fraction of sp³-hybridized carbons (Fsp3) is 0.261. The minimum absolute atomic E-state index is 0.0978. The Balaban J connectivity index is 1.95. The maximum absolute atomic E-state index is 14.1. The molecule has 0 aliphatic rings. The third kappa shape index (κ3) is 4.81. The van der Waals surface area contributed by atoms with Crippen LogP contribution in [-0.2, 0) is 19.6 Å². The van der Waals surface area contributed by atoms with Crippen LogP contribution in [0, 0.1) is 5.82 Å². The van der Waals surface area contributed by atoms with E-state index in [1.807, 2.05) is 30.3 Å². The number of halogens is 2. The molecule has 0 bridgehead atoms. The minimum Gasteiger partial charge on any atom is -0.384 e. The van der Waals surface area contributed by atoms with Crippen LogP contribution in [0.3, 0.4) is 0 Å². The van der Waals surface area contributed by atoms with Gasteiger partial charge < -0.3 is 10.6 Å². The summed E-state index contributed by atoms with van der Waals surface area (Å²) in [6, 6.07) is 13.5. The molecule has 1 atom stereocenters. The van der Waals surface area contributed by atoms with Crippen LogP contribution < -0.4 is 21.9 Å². The molecule has 3 aromatic rings. The molecule has 1 unspecified atom stereocenters. The standard InChI is InChI=1S/C23H24ClFN4O3/c1-3-28-22(31)20(21(26)29(23(28)32)12-15-8-5-4-6-9-15)19(30)14-27(2)13-16-17(24)10-7-11-18(16)25/h4-11H,3,12-14,26H2,1-2H3/p+1. The Labute approximate surface area is 189 Å². The van der Waals surface area contributed by atoms with Crippen LogP contribution in [-0.4, -0.2) is 28.5 Å². The minimum atomic E-state index is -0.721. The first-order valence-corrected chi connectivity index (χ1v) is 10.6. The molecule has 0 amide bonds. The molecular weight excluding hydrogens is 435 g/mol. The van der Waals surface area contributed by atoms with Crippen molar-refractivity contribution in [1.29, 1.82) is 0 Å². The van der Waals surface area contributed by atoms with E-state index >= 15 is 0 Å². The number of carbonyl (C=O) groups excluding carboxylic acids is 1. The monoisotopic (exact) mass is 459 g/mol. The molecule has 1 aromatic heterocycles. The summed E-state index contributed by atoms with van der Waals surface area (Å²) in [6.45, 7) is 1.89. The second-order valence-corrected chi connectivity index (χ2v) is 8.01. The van der Waals surface area contributed by atoms with Gasteiger partial charge in [0, 0.05) is 6.54 Å². The van der Waals surface area contributed by atoms with Crippen molar-refractivity contribution in [3.63, 3.8) is 0 Å². The van der Waals surface area contributed by atoms with Gasteiger partial charge in [0.05, 0.1) is 24.2 Å². The predicted molar refractivity (Wildman–Crippen MR) is 122 cm³/mol. The van der Waals surface area contributed by atoms with Crippen molar-refractivity contribution in [3.8, 4) is 0 Å². The number of carbonyl (C=O) groups is 1. The molecule has 0 aliphatic heterocycles. The predicted octanol–water partition coefficient (Wildman–Crippen LogP) is 1.35. The maximum atomic E-state index is 14.1. The number of Topliss-reactive ketones (excluding diaryl/α,β-unsaturated/α-hetero) is 1. The van der Waals surface area contributed by atoms with Crippen LogP contribution in [0.2, 0.25) is 5.02 Å². The topological polar surface area (TPSA) is 91.5 Å². The van der Waals surface area contributed by atoms with Gasteiger partial charge in [-0.1, -0.05) is 48.0 Å². The highest BCUT2D eigenvalue weighted by atomic mass is 35.5. The van der Waals surface area contributed by atoms with Gasteiger partial charge in [-0.3, -0.25) is 18.7 Å². The van der Waals surface area contributed by atoms with Gasteiger partial charge in [0.15, 0.2) is 0 Å². The summed E-state index contributed by atoms with van der Waals surface area (Å²) in [5.74, 6) is -1.16. The molecule has 0 aliphatic carbocycles. The summed E-state index contributed by atoms with van der Waals surface area (Å²) in [7, 11) is 1.69. The Bertz CT molecular complexity index is 1230. The lowest BCUT2D eigenvalue weighted by atomic mass is 10.1. The number of hydrogen-bond donors (Lipinski definition) is 2. The van der Waals surface area contributed by atoms with Gasteiger partial charge in [-0.15, -0.1) is 0 Å². The number of rotatable bonds is 8. The molecule has 2 aromatic carbocycles. The number of nitrogens with zero attached hydrogens (tertiary/aromatic N) is 2. The van der Waals surface area contributed by atoms with Gasteiger partial charge in [0.25, 0.3) is 5.56 Å². The Morgan fingerprint density at radius 1 is 1.09 bits per heavy atom. The zero-order chi connectivity index (χ0) is 23.4. The van der Waals surface area contributed by atoms with Crippen LogP contribution in [0.25, 0.3) is 0 Å². The number of benzene rings is 2. The summed E-state index contributed by atoms with van der Waals surface area (Å²) in [5.41, 5.74) is 5.73. The quantitative estimate of drug-likeness (QED) is 0.497. The number of nitrogen functional groups attached to an aromatic ring is 1. The largest absolute Gasteiger partial charge is 0.384 e.